The molecule has 2 unspecified atom stereocenters. The molecule has 2 aromatic carbocycles. The Morgan fingerprint density at radius 3 is 2.54 bits per heavy atom. The zero-order valence-corrected chi connectivity index (χ0v) is 21.9. The van der Waals surface area contributed by atoms with E-state index in [-0.39, 0.29) is 29.2 Å². The Hall–Kier alpha value is -4.24. The van der Waals surface area contributed by atoms with E-state index in [0.717, 1.165) is 29.2 Å². The van der Waals surface area contributed by atoms with Crippen molar-refractivity contribution in [3.8, 4) is 0 Å². The van der Waals surface area contributed by atoms with Crippen molar-refractivity contribution in [1.82, 2.24) is 9.88 Å². The van der Waals surface area contributed by atoms with E-state index in [1.54, 1.807) is 29.5 Å². The Morgan fingerprint density at radius 1 is 0.923 bits per heavy atom. The van der Waals surface area contributed by atoms with Crippen LogP contribution >= 0.6 is 11.3 Å². The summed E-state index contributed by atoms with van der Waals surface area (Å²) in [5, 5.41) is 7.87. The van der Waals surface area contributed by atoms with Crippen LogP contribution in [-0.2, 0) is 13.1 Å². The Labute approximate surface area is 228 Å². The molecule has 198 valence electrons. The monoisotopic (exact) mass is 542 g/mol. The summed E-state index contributed by atoms with van der Waals surface area (Å²) in [6, 6.07) is 20.0. The summed E-state index contributed by atoms with van der Waals surface area (Å²) >= 11 is 1.57. The molecule has 1 saturated heterocycles. The Kier molecular flexibility index (Phi) is 6.74. The van der Waals surface area contributed by atoms with Crippen LogP contribution in [0, 0.1) is 11.7 Å². The molecule has 2 amide bonds. The molecule has 4 aromatic rings. The molecule has 2 aromatic heterocycles. The zero-order valence-electron chi connectivity index (χ0n) is 21.1. The van der Waals surface area contributed by atoms with Crippen LogP contribution in [0.3, 0.4) is 0 Å². The Morgan fingerprint density at radius 2 is 1.74 bits per heavy atom. The summed E-state index contributed by atoms with van der Waals surface area (Å²) in [5.41, 5.74) is 3.13. The van der Waals surface area contributed by atoms with Gasteiger partial charge in [-0.15, -0.1) is 11.3 Å². The molecule has 2 bridgehead atoms. The van der Waals surface area contributed by atoms with Gasteiger partial charge >= 0.3 is 0 Å². The van der Waals surface area contributed by atoms with E-state index in [1.807, 2.05) is 40.3 Å². The highest BCUT2D eigenvalue weighted by atomic mass is 32.1. The van der Waals surface area contributed by atoms with Crippen LogP contribution in [0.25, 0.3) is 0 Å². The molecule has 2 atom stereocenters. The van der Waals surface area contributed by atoms with Crippen molar-refractivity contribution in [2.45, 2.75) is 25.4 Å². The minimum Gasteiger partial charge on any atom is -0.369 e. The third kappa shape index (κ3) is 5.22. The van der Waals surface area contributed by atoms with E-state index >= 15 is 0 Å². The smallest absolute Gasteiger partial charge is 0.255 e. The van der Waals surface area contributed by atoms with Crippen molar-refractivity contribution < 1.29 is 14.0 Å². The fourth-order valence-corrected chi connectivity index (χ4v) is 6.27. The quantitative estimate of drug-likeness (QED) is 0.365. The number of nitrogens with one attached hydrogen (secondary N) is 2. The van der Waals surface area contributed by atoms with Crippen LogP contribution in [-0.4, -0.2) is 29.5 Å². The highest BCUT2D eigenvalue weighted by Crippen LogP contribution is 2.39. The average Bonchev–Trinajstić information content (AvgIpc) is 3.46. The predicted molar refractivity (Wildman–Crippen MR) is 150 cm³/mol. The first-order valence-corrected chi connectivity index (χ1v) is 13.8. The number of aromatic nitrogens is 1. The number of carbonyl (C=O) groups is 2. The van der Waals surface area contributed by atoms with Crippen LogP contribution in [0.2, 0.25) is 0 Å². The third-order valence-corrected chi connectivity index (χ3v) is 8.31. The van der Waals surface area contributed by atoms with Gasteiger partial charge in [-0.2, -0.15) is 0 Å². The standard InChI is InChI=1S/C30H27FN4O3S/c31-23-9-6-20(7-10-23)30(38)33-25-14-21(29(37)32-15-24-3-2-12-39-24)8-11-27(25)34-16-19-13-22(18-34)26-4-1-5-28(36)35(26)17-19/h1-12,14,19,22H,13,15-18H2,(H,32,37)(H,33,38). The van der Waals surface area contributed by atoms with Gasteiger partial charge in [0.25, 0.3) is 17.4 Å². The van der Waals surface area contributed by atoms with Crippen molar-refractivity contribution >= 4 is 34.5 Å². The lowest BCUT2D eigenvalue weighted by Gasteiger charge is -2.44. The number of thiophene rings is 1. The molecule has 0 saturated carbocycles. The van der Waals surface area contributed by atoms with Gasteiger partial charge in [0.15, 0.2) is 0 Å². The van der Waals surface area contributed by atoms with E-state index in [0.29, 0.717) is 36.4 Å². The number of carbonyl (C=O) groups excluding carboxylic acids is 2. The number of rotatable bonds is 6. The summed E-state index contributed by atoms with van der Waals surface area (Å²) in [6.07, 6.45) is 1.00. The van der Waals surface area contributed by atoms with E-state index in [2.05, 4.69) is 15.5 Å². The molecular weight excluding hydrogens is 515 g/mol. The lowest BCUT2D eigenvalue weighted by Crippen LogP contribution is -2.47. The fourth-order valence-electron chi connectivity index (χ4n) is 5.62. The van der Waals surface area contributed by atoms with Gasteiger partial charge in [0.1, 0.15) is 5.82 Å². The molecule has 1 fully saturated rings. The number of hydrogen-bond donors (Lipinski definition) is 2. The highest BCUT2D eigenvalue weighted by molar-refractivity contribution is 7.09. The summed E-state index contributed by atoms with van der Waals surface area (Å²) in [4.78, 5) is 41.8. The molecule has 9 heteroatoms. The molecule has 0 aliphatic carbocycles. The fraction of sp³-hybridized carbons (Fsp3) is 0.233. The first-order chi connectivity index (χ1) is 18.9. The van der Waals surface area contributed by atoms with E-state index < -0.39 is 5.82 Å². The highest BCUT2D eigenvalue weighted by Gasteiger charge is 2.35. The first kappa shape index (κ1) is 25.1. The first-order valence-electron chi connectivity index (χ1n) is 12.9. The number of fused-ring (bicyclic) bond motifs is 4. The molecule has 6 rings (SSSR count). The van der Waals surface area contributed by atoms with Gasteiger partial charge in [-0.3, -0.25) is 14.4 Å². The van der Waals surface area contributed by atoms with Gasteiger partial charge < -0.3 is 20.1 Å². The van der Waals surface area contributed by atoms with E-state index in [9.17, 15) is 18.8 Å². The normalized spacial score (nSPS) is 17.8. The average molecular weight is 543 g/mol. The van der Waals surface area contributed by atoms with Gasteiger partial charge in [0, 0.05) is 53.3 Å². The number of amides is 2. The molecule has 0 radical (unpaired) electrons. The SMILES string of the molecule is O=C(NCc1cccs1)c1ccc(N2CC3CC(C2)c2cccc(=O)n2C3)c(NC(=O)c2ccc(F)cc2)c1. The van der Waals surface area contributed by atoms with Gasteiger partial charge in [-0.1, -0.05) is 12.1 Å². The van der Waals surface area contributed by atoms with Crippen LogP contribution in [0.15, 0.2) is 83.0 Å². The predicted octanol–water partition coefficient (Wildman–Crippen LogP) is 4.85. The van der Waals surface area contributed by atoms with Gasteiger partial charge in [-0.25, -0.2) is 4.39 Å². The minimum atomic E-state index is -0.420. The topological polar surface area (TPSA) is 83.4 Å². The maximum absolute atomic E-state index is 13.4. The Balaban J connectivity index is 1.30. The van der Waals surface area contributed by atoms with Crippen molar-refractivity contribution in [2.24, 2.45) is 5.92 Å². The number of hydrogen-bond acceptors (Lipinski definition) is 5. The van der Waals surface area contributed by atoms with Crippen molar-refractivity contribution in [3.05, 3.63) is 116 Å². The second-order valence-electron chi connectivity index (χ2n) is 10.1. The molecule has 2 N–H and O–H groups in total. The number of halogens is 1. The van der Waals surface area contributed by atoms with E-state index in [1.165, 1.54) is 24.3 Å². The van der Waals surface area contributed by atoms with Gasteiger partial charge in [0.2, 0.25) is 0 Å². The molecule has 2 aliphatic rings. The number of pyridine rings is 1. The zero-order chi connectivity index (χ0) is 26.9. The number of benzene rings is 2. The van der Waals surface area contributed by atoms with Gasteiger partial charge in [-0.05, 0) is 72.3 Å². The molecule has 0 spiro atoms. The largest absolute Gasteiger partial charge is 0.369 e. The van der Waals surface area contributed by atoms with Crippen molar-refractivity contribution in [3.63, 3.8) is 0 Å². The van der Waals surface area contributed by atoms with Crippen LogP contribution < -0.4 is 21.1 Å². The number of piperidine rings is 1. The lowest BCUT2D eigenvalue weighted by atomic mass is 9.83. The van der Waals surface area contributed by atoms with Crippen LogP contribution in [0.1, 0.15) is 43.6 Å². The second kappa shape index (κ2) is 10.5. The number of anilines is 2. The molecule has 2 aliphatic heterocycles. The third-order valence-electron chi connectivity index (χ3n) is 7.44. The van der Waals surface area contributed by atoms with Crippen molar-refractivity contribution in [2.75, 3.05) is 23.3 Å². The van der Waals surface area contributed by atoms with Gasteiger partial charge in [0.05, 0.1) is 17.9 Å². The van der Waals surface area contributed by atoms with E-state index in [4.69, 9.17) is 0 Å². The number of nitrogens with zero attached hydrogens (tertiary/aromatic N) is 2. The maximum atomic E-state index is 13.4. The summed E-state index contributed by atoms with van der Waals surface area (Å²) < 4.78 is 15.3. The van der Waals surface area contributed by atoms with Crippen molar-refractivity contribution in [1.29, 1.82) is 0 Å². The van der Waals surface area contributed by atoms with Crippen LogP contribution in [0.4, 0.5) is 15.8 Å². The molecule has 39 heavy (non-hydrogen) atoms. The maximum Gasteiger partial charge on any atom is 0.255 e. The second-order valence-corrected chi connectivity index (χ2v) is 11.1. The molecular formula is C30H27FN4O3S. The molecule has 7 nitrogen and oxygen atoms in total. The minimum absolute atomic E-state index is 0.0285. The molecule has 4 heterocycles. The lowest BCUT2D eigenvalue weighted by molar-refractivity contribution is 0.0950. The van der Waals surface area contributed by atoms with Crippen LogP contribution in [0.5, 0.6) is 0 Å². The summed E-state index contributed by atoms with van der Waals surface area (Å²) in [6.45, 7) is 2.48. The summed E-state index contributed by atoms with van der Waals surface area (Å²) in [5.74, 6) is -0.583. The Bertz CT molecular complexity index is 1580. The summed E-state index contributed by atoms with van der Waals surface area (Å²) in [7, 11) is 0.